The van der Waals surface area contributed by atoms with E-state index in [4.69, 9.17) is 25.8 Å². The van der Waals surface area contributed by atoms with Gasteiger partial charge in [0.1, 0.15) is 0 Å². The van der Waals surface area contributed by atoms with Gasteiger partial charge in [-0.3, -0.25) is 4.79 Å². The highest BCUT2D eigenvalue weighted by molar-refractivity contribution is 6.30. The van der Waals surface area contributed by atoms with Crippen LogP contribution in [0.2, 0.25) is 5.02 Å². The highest BCUT2D eigenvalue weighted by Gasteiger charge is 2.12. The maximum Gasteiger partial charge on any atom is 0.338 e. The Morgan fingerprint density at radius 3 is 2.46 bits per heavy atom. The van der Waals surface area contributed by atoms with Crippen LogP contribution in [0.4, 0.5) is 5.69 Å². The van der Waals surface area contributed by atoms with E-state index < -0.39 is 18.5 Å². The minimum Gasteiger partial charge on any atom is -0.493 e. The van der Waals surface area contributed by atoms with Crippen LogP contribution in [0.15, 0.2) is 42.5 Å². The number of carbonyl (C=O) groups excluding carboxylic acids is 2. The molecule has 0 unspecified atom stereocenters. The minimum atomic E-state index is -0.625. The lowest BCUT2D eigenvalue weighted by atomic mass is 10.2. The Bertz CT molecular complexity index is 748. The fourth-order valence-corrected chi connectivity index (χ4v) is 2.13. The Kier molecular flexibility index (Phi) is 6.03. The first-order chi connectivity index (χ1) is 11.5. The van der Waals surface area contributed by atoms with Gasteiger partial charge in [0.15, 0.2) is 18.1 Å². The standard InChI is InChI=1S/C17H16ClNO5/c1-22-14-7-6-13(9-15(14)23-2)19-16(20)10-24-17(21)11-4-3-5-12(18)8-11/h3-9H,10H2,1-2H3,(H,19,20). The van der Waals surface area contributed by atoms with Gasteiger partial charge in [-0.25, -0.2) is 4.79 Å². The van der Waals surface area contributed by atoms with E-state index in [1.54, 1.807) is 36.4 Å². The Hall–Kier alpha value is -2.73. The molecule has 1 amide bonds. The fourth-order valence-electron chi connectivity index (χ4n) is 1.94. The molecule has 0 saturated heterocycles. The molecule has 0 aromatic heterocycles. The van der Waals surface area contributed by atoms with Crippen LogP contribution in [0.25, 0.3) is 0 Å². The summed E-state index contributed by atoms with van der Waals surface area (Å²) in [6.07, 6.45) is 0. The number of nitrogens with one attached hydrogen (secondary N) is 1. The summed E-state index contributed by atoms with van der Waals surface area (Å²) in [4.78, 5) is 23.7. The summed E-state index contributed by atoms with van der Waals surface area (Å²) in [5.74, 6) is -0.0772. The molecule has 1 N–H and O–H groups in total. The molecule has 0 aliphatic heterocycles. The Labute approximate surface area is 144 Å². The summed E-state index contributed by atoms with van der Waals surface area (Å²) in [5.41, 5.74) is 0.776. The van der Waals surface area contributed by atoms with E-state index in [1.807, 2.05) is 0 Å². The molecule has 0 aliphatic rings. The molecule has 0 atom stereocenters. The van der Waals surface area contributed by atoms with Crippen molar-refractivity contribution in [2.24, 2.45) is 0 Å². The van der Waals surface area contributed by atoms with Crippen LogP contribution in [0.3, 0.4) is 0 Å². The molecule has 0 bridgehead atoms. The Morgan fingerprint density at radius 1 is 1.04 bits per heavy atom. The molecule has 24 heavy (non-hydrogen) atoms. The lowest BCUT2D eigenvalue weighted by molar-refractivity contribution is -0.119. The SMILES string of the molecule is COc1ccc(NC(=O)COC(=O)c2cccc(Cl)c2)cc1OC. The molecule has 6 nitrogen and oxygen atoms in total. The van der Waals surface area contributed by atoms with Gasteiger partial charge in [-0.2, -0.15) is 0 Å². The number of esters is 1. The third-order valence-electron chi connectivity index (χ3n) is 3.06. The zero-order valence-corrected chi connectivity index (χ0v) is 13.9. The van der Waals surface area contributed by atoms with Crippen LogP contribution in [-0.4, -0.2) is 32.7 Å². The van der Waals surface area contributed by atoms with E-state index in [0.29, 0.717) is 22.2 Å². The van der Waals surface area contributed by atoms with Gasteiger partial charge < -0.3 is 19.5 Å². The second kappa shape index (κ2) is 8.21. The first-order valence-electron chi connectivity index (χ1n) is 6.98. The van der Waals surface area contributed by atoms with Crippen molar-refractivity contribution in [2.45, 2.75) is 0 Å². The van der Waals surface area contributed by atoms with Crippen LogP contribution in [-0.2, 0) is 9.53 Å². The smallest absolute Gasteiger partial charge is 0.338 e. The third kappa shape index (κ3) is 4.63. The molecule has 7 heteroatoms. The lowest BCUT2D eigenvalue weighted by Gasteiger charge is -2.11. The normalized spacial score (nSPS) is 9.96. The zero-order valence-electron chi connectivity index (χ0n) is 13.2. The fraction of sp³-hybridized carbons (Fsp3) is 0.176. The molecule has 0 radical (unpaired) electrons. The average Bonchev–Trinajstić information content (AvgIpc) is 2.59. The van der Waals surface area contributed by atoms with Crippen LogP contribution in [0.1, 0.15) is 10.4 Å². The summed E-state index contributed by atoms with van der Waals surface area (Å²) in [5, 5.41) is 3.02. The molecule has 0 spiro atoms. The highest BCUT2D eigenvalue weighted by atomic mass is 35.5. The van der Waals surface area contributed by atoms with Crippen LogP contribution in [0, 0.1) is 0 Å². The van der Waals surface area contributed by atoms with Gasteiger partial charge in [-0.15, -0.1) is 0 Å². The maximum absolute atomic E-state index is 11.9. The number of methoxy groups -OCH3 is 2. The van der Waals surface area contributed by atoms with E-state index in [9.17, 15) is 9.59 Å². The molecule has 0 heterocycles. The van der Waals surface area contributed by atoms with Crippen LogP contribution >= 0.6 is 11.6 Å². The Balaban J connectivity index is 1.92. The molecule has 126 valence electrons. The van der Waals surface area contributed by atoms with Crippen molar-refractivity contribution in [3.63, 3.8) is 0 Å². The minimum absolute atomic E-state index is 0.279. The van der Waals surface area contributed by atoms with Crippen LogP contribution in [0.5, 0.6) is 11.5 Å². The second-order valence-electron chi connectivity index (χ2n) is 4.70. The summed E-state index contributed by atoms with van der Waals surface area (Å²) in [6.45, 7) is -0.417. The van der Waals surface area contributed by atoms with Crippen molar-refractivity contribution in [1.82, 2.24) is 0 Å². The number of carbonyl (C=O) groups is 2. The number of halogens is 1. The predicted molar refractivity (Wildman–Crippen MR) is 89.9 cm³/mol. The number of rotatable bonds is 6. The number of hydrogen-bond acceptors (Lipinski definition) is 5. The topological polar surface area (TPSA) is 73.9 Å². The Morgan fingerprint density at radius 2 is 1.79 bits per heavy atom. The molecule has 0 fully saturated rings. The summed E-state index contributed by atoms with van der Waals surface area (Å²) in [6, 6.07) is 11.2. The molecular weight excluding hydrogens is 334 g/mol. The van der Waals surface area contributed by atoms with E-state index in [1.165, 1.54) is 20.3 Å². The van der Waals surface area contributed by atoms with Crippen molar-refractivity contribution in [1.29, 1.82) is 0 Å². The molecular formula is C17H16ClNO5. The quantitative estimate of drug-likeness (QED) is 0.811. The van der Waals surface area contributed by atoms with Gasteiger partial charge in [0.2, 0.25) is 0 Å². The van der Waals surface area contributed by atoms with Gasteiger partial charge in [0.05, 0.1) is 19.8 Å². The number of amides is 1. The van der Waals surface area contributed by atoms with E-state index >= 15 is 0 Å². The largest absolute Gasteiger partial charge is 0.493 e. The zero-order chi connectivity index (χ0) is 17.5. The van der Waals surface area contributed by atoms with Crippen molar-refractivity contribution in [2.75, 3.05) is 26.1 Å². The molecule has 2 aromatic carbocycles. The second-order valence-corrected chi connectivity index (χ2v) is 5.14. The number of ether oxygens (including phenoxy) is 3. The average molecular weight is 350 g/mol. The molecule has 0 aliphatic carbocycles. The number of hydrogen-bond donors (Lipinski definition) is 1. The third-order valence-corrected chi connectivity index (χ3v) is 3.30. The van der Waals surface area contributed by atoms with E-state index in [2.05, 4.69) is 5.32 Å². The summed E-state index contributed by atoms with van der Waals surface area (Å²) >= 11 is 5.80. The van der Waals surface area contributed by atoms with Gasteiger partial charge in [0.25, 0.3) is 5.91 Å². The molecule has 0 saturated carbocycles. The monoisotopic (exact) mass is 349 g/mol. The number of benzene rings is 2. The van der Waals surface area contributed by atoms with Gasteiger partial charge in [-0.05, 0) is 30.3 Å². The van der Waals surface area contributed by atoms with E-state index in [0.717, 1.165) is 0 Å². The highest BCUT2D eigenvalue weighted by Crippen LogP contribution is 2.29. The van der Waals surface area contributed by atoms with Gasteiger partial charge >= 0.3 is 5.97 Å². The van der Waals surface area contributed by atoms with E-state index in [-0.39, 0.29) is 5.56 Å². The summed E-state index contributed by atoms with van der Waals surface area (Å²) < 4.78 is 15.2. The van der Waals surface area contributed by atoms with Crippen LogP contribution < -0.4 is 14.8 Å². The van der Waals surface area contributed by atoms with Gasteiger partial charge in [-0.1, -0.05) is 17.7 Å². The first-order valence-corrected chi connectivity index (χ1v) is 7.36. The number of anilines is 1. The van der Waals surface area contributed by atoms with Crippen molar-refractivity contribution in [3.05, 3.63) is 53.1 Å². The predicted octanol–water partition coefficient (Wildman–Crippen LogP) is 3.15. The van der Waals surface area contributed by atoms with Crippen molar-refractivity contribution in [3.8, 4) is 11.5 Å². The summed E-state index contributed by atoms with van der Waals surface area (Å²) in [7, 11) is 3.02. The lowest BCUT2D eigenvalue weighted by Crippen LogP contribution is -2.21. The van der Waals surface area contributed by atoms with Crippen molar-refractivity contribution < 1.29 is 23.8 Å². The maximum atomic E-state index is 11.9. The van der Waals surface area contributed by atoms with Gasteiger partial charge in [0, 0.05) is 16.8 Å². The molecule has 2 aromatic rings. The van der Waals surface area contributed by atoms with Crippen molar-refractivity contribution >= 4 is 29.2 Å². The molecule has 2 rings (SSSR count). The first kappa shape index (κ1) is 17.6.